The van der Waals surface area contributed by atoms with Gasteiger partial charge in [0, 0.05) is 13.7 Å². The van der Waals surface area contributed by atoms with Crippen molar-refractivity contribution in [3.05, 3.63) is 0 Å². The Kier molecular flexibility index (Phi) is 5.58. The molecule has 0 saturated carbocycles. The molecule has 1 aliphatic rings. The summed E-state index contributed by atoms with van der Waals surface area (Å²) in [4.78, 5) is 0. The molecule has 1 saturated heterocycles. The van der Waals surface area contributed by atoms with E-state index in [0.717, 1.165) is 32.5 Å². The van der Waals surface area contributed by atoms with Gasteiger partial charge in [-0.1, -0.05) is 0 Å². The van der Waals surface area contributed by atoms with E-state index in [1.807, 2.05) is 0 Å². The van der Waals surface area contributed by atoms with Gasteiger partial charge in [-0.3, -0.25) is 0 Å². The molecule has 1 N–H and O–H groups in total. The molecular weight excluding hydrogens is 190 g/mol. The van der Waals surface area contributed by atoms with Crippen molar-refractivity contribution in [3.8, 4) is 0 Å². The van der Waals surface area contributed by atoms with Gasteiger partial charge >= 0.3 is 0 Å². The second-order valence-corrected chi connectivity index (χ2v) is 4.89. The highest BCUT2D eigenvalue weighted by molar-refractivity contribution is 4.70. The first-order chi connectivity index (χ1) is 7.14. The minimum absolute atomic E-state index is 0.00312. The van der Waals surface area contributed by atoms with E-state index < -0.39 is 0 Å². The lowest BCUT2D eigenvalue weighted by Gasteiger charge is -2.22. The molecule has 0 amide bonds. The SMILES string of the molecule is COC(C)(C)CCNCCC1CCCO1. The molecule has 0 aromatic carbocycles. The summed E-state index contributed by atoms with van der Waals surface area (Å²) in [6.07, 6.45) is 5.18. The van der Waals surface area contributed by atoms with Gasteiger partial charge in [0.25, 0.3) is 0 Å². The summed E-state index contributed by atoms with van der Waals surface area (Å²) in [7, 11) is 1.77. The first-order valence-electron chi connectivity index (χ1n) is 6.01. The fraction of sp³-hybridized carbons (Fsp3) is 1.00. The number of rotatable bonds is 7. The summed E-state index contributed by atoms with van der Waals surface area (Å²) in [5.41, 5.74) is -0.00312. The van der Waals surface area contributed by atoms with Gasteiger partial charge in [-0.05, 0) is 52.6 Å². The molecule has 1 fully saturated rings. The van der Waals surface area contributed by atoms with E-state index in [-0.39, 0.29) is 5.60 Å². The topological polar surface area (TPSA) is 30.5 Å². The number of ether oxygens (including phenoxy) is 2. The van der Waals surface area contributed by atoms with Crippen LogP contribution in [-0.4, -0.2) is 38.5 Å². The predicted molar refractivity (Wildman–Crippen MR) is 62.2 cm³/mol. The van der Waals surface area contributed by atoms with Crippen molar-refractivity contribution in [1.82, 2.24) is 5.32 Å². The van der Waals surface area contributed by atoms with Gasteiger partial charge < -0.3 is 14.8 Å². The van der Waals surface area contributed by atoms with Crippen molar-refractivity contribution in [1.29, 1.82) is 0 Å². The van der Waals surface area contributed by atoms with Crippen molar-refractivity contribution in [2.24, 2.45) is 0 Å². The van der Waals surface area contributed by atoms with Crippen LogP contribution in [-0.2, 0) is 9.47 Å². The second kappa shape index (κ2) is 6.46. The Morgan fingerprint density at radius 2 is 2.20 bits per heavy atom. The predicted octanol–water partition coefficient (Wildman–Crippen LogP) is 1.96. The third-order valence-corrected chi connectivity index (χ3v) is 3.12. The van der Waals surface area contributed by atoms with E-state index in [1.165, 1.54) is 12.8 Å². The van der Waals surface area contributed by atoms with Crippen LogP contribution >= 0.6 is 0 Å². The average Bonchev–Trinajstić information content (AvgIpc) is 2.70. The molecule has 1 rings (SSSR count). The maximum absolute atomic E-state index is 5.56. The summed E-state index contributed by atoms with van der Waals surface area (Å²) in [5.74, 6) is 0. The Hall–Kier alpha value is -0.120. The van der Waals surface area contributed by atoms with Gasteiger partial charge in [-0.15, -0.1) is 0 Å². The fourth-order valence-corrected chi connectivity index (χ4v) is 1.75. The highest BCUT2D eigenvalue weighted by atomic mass is 16.5. The Morgan fingerprint density at radius 3 is 2.80 bits per heavy atom. The maximum Gasteiger partial charge on any atom is 0.0634 e. The summed E-state index contributed by atoms with van der Waals surface area (Å²) in [5, 5.41) is 3.44. The second-order valence-electron chi connectivity index (χ2n) is 4.89. The van der Waals surface area contributed by atoms with E-state index in [2.05, 4.69) is 19.2 Å². The molecule has 3 heteroatoms. The fourth-order valence-electron chi connectivity index (χ4n) is 1.75. The molecule has 0 spiro atoms. The zero-order chi connectivity index (χ0) is 11.1. The van der Waals surface area contributed by atoms with Gasteiger partial charge in [0.2, 0.25) is 0 Å². The standard InChI is InChI=1S/C12H25NO2/c1-12(2,14-3)7-9-13-8-6-11-5-4-10-15-11/h11,13H,4-10H2,1-3H3. The van der Waals surface area contributed by atoms with Crippen molar-refractivity contribution >= 4 is 0 Å². The van der Waals surface area contributed by atoms with Gasteiger partial charge in [0.05, 0.1) is 11.7 Å². The Morgan fingerprint density at radius 1 is 1.40 bits per heavy atom. The Bertz CT molecular complexity index is 165. The average molecular weight is 215 g/mol. The van der Waals surface area contributed by atoms with Gasteiger partial charge in [-0.2, -0.15) is 0 Å². The lowest BCUT2D eigenvalue weighted by Crippen LogP contribution is -2.30. The third-order valence-electron chi connectivity index (χ3n) is 3.12. The Labute approximate surface area is 93.5 Å². The third kappa shape index (κ3) is 5.50. The summed E-state index contributed by atoms with van der Waals surface area (Å²) in [6.45, 7) is 7.28. The van der Waals surface area contributed by atoms with Crippen LogP contribution < -0.4 is 5.32 Å². The van der Waals surface area contributed by atoms with Gasteiger partial charge in [0.1, 0.15) is 0 Å². The summed E-state index contributed by atoms with van der Waals surface area (Å²) < 4.78 is 10.9. The number of methoxy groups -OCH3 is 1. The van der Waals surface area contributed by atoms with Crippen molar-refractivity contribution in [2.45, 2.75) is 51.2 Å². The molecule has 15 heavy (non-hydrogen) atoms. The largest absolute Gasteiger partial charge is 0.379 e. The van der Waals surface area contributed by atoms with Crippen LogP contribution in [0.4, 0.5) is 0 Å². The molecule has 0 aromatic rings. The number of hydrogen-bond acceptors (Lipinski definition) is 3. The lowest BCUT2D eigenvalue weighted by atomic mass is 10.1. The quantitative estimate of drug-likeness (QED) is 0.659. The molecule has 0 aliphatic carbocycles. The van der Waals surface area contributed by atoms with Crippen LogP contribution in [0.15, 0.2) is 0 Å². The minimum Gasteiger partial charge on any atom is -0.379 e. The van der Waals surface area contributed by atoms with Gasteiger partial charge in [0.15, 0.2) is 0 Å². The molecule has 1 heterocycles. The van der Waals surface area contributed by atoms with E-state index in [1.54, 1.807) is 7.11 Å². The van der Waals surface area contributed by atoms with E-state index in [0.29, 0.717) is 6.10 Å². The highest BCUT2D eigenvalue weighted by Gasteiger charge is 2.16. The van der Waals surface area contributed by atoms with Crippen LogP contribution in [0.25, 0.3) is 0 Å². The van der Waals surface area contributed by atoms with E-state index >= 15 is 0 Å². The molecular formula is C12H25NO2. The normalized spacial score (nSPS) is 22.2. The van der Waals surface area contributed by atoms with Crippen molar-refractivity contribution in [3.63, 3.8) is 0 Å². The van der Waals surface area contributed by atoms with E-state index in [4.69, 9.17) is 9.47 Å². The van der Waals surface area contributed by atoms with Gasteiger partial charge in [-0.25, -0.2) is 0 Å². The monoisotopic (exact) mass is 215 g/mol. The zero-order valence-corrected chi connectivity index (χ0v) is 10.3. The Balaban J connectivity index is 1.92. The molecule has 0 bridgehead atoms. The van der Waals surface area contributed by atoms with Crippen LogP contribution in [0.5, 0.6) is 0 Å². The molecule has 1 aliphatic heterocycles. The molecule has 3 nitrogen and oxygen atoms in total. The first-order valence-corrected chi connectivity index (χ1v) is 6.01. The maximum atomic E-state index is 5.56. The van der Waals surface area contributed by atoms with Crippen LogP contribution in [0, 0.1) is 0 Å². The smallest absolute Gasteiger partial charge is 0.0634 e. The minimum atomic E-state index is -0.00312. The number of nitrogens with one attached hydrogen (secondary N) is 1. The first kappa shape index (κ1) is 12.9. The summed E-state index contributed by atoms with van der Waals surface area (Å²) in [6, 6.07) is 0. The zero-order valence-electron chi connectivity index (χ0n) is 10.3. The van der Waals surface area contributed by atoms with Crippen LogP contribution in [0.1, 0.15) is 39.5 Å². The van der Waals surface area contributed by atoms with Crippen LogP contribution in [0.2, 0.25) is 0 Å². The van der Waals surface area contributed by atoms with E-state index in [9.17, 15) is 0 Å². The molecule has 0 aromatic heterocycles. The number of hydrogen-bond donors (Lipinski definition) is 1. The summed E-state index contributed by atoms with van der Waals surface area (Å²) >= 11 is 0. The molecule has 0 radical (unpaired) electrons. The van der Waals surface area contributed by atoms with Crippen LogP contribution in [0.3, 0.4) is 0 Å². The van der Waals surface area contributed by atoms with Crippen molar-refractivity contribution in [2.75, 3.05) is 26.8 Å². The molecule has 90 valence electrons. The molecule has 1 atom stereocenters. The lowest BCUT2D eigenvalue weighted by molar-refractivity contribution is 0.0157. The van der Waals surface area contributed by atoms with Crippen molar-refractivity contribution < 1.29 is 9.47 Å². The highest BCUT2D eigenvalue weighted by Crippen LogP contribution is 2.14. The molecule has 1 unspecified atom stereocenters.